The molecule has 1 N–H and O–H groups in total. The molecule has 2 aliphatic rings. The Labute approximate surface area is 193 Å². The van der Waals surface area contributed by atoms with Crippen molar-refractivity contribution < 1.29 is 18.0 Å². The number of carbonyl (C=O) groups is 2. The second kappa shape index (κ2) is 9.21. The summed E-state index contributed by atoms with van der Waals surface area (Å²) in [5, 5.41) is 3.26. The highest BCUT2D eigenvalue weighted by Gasteiger charge is 2.34. The van der Waals surface area contributed by atoms with Crippen LogP contribution in [0.2, 0.25) is 5.02 Å². The molecule has 0 saturated carbocycles. The summed E-state index contributed by atoms with van der Waals surface area (Å²) in [5.74, 6) is -0.744. The van der Waals surface area contributed by atoms with Gasteiger partial charge < -0.3 is 10.2 Å². The fourth-order valence-electron chi connectivity index (χ4n) is 4.38. The first kappa shape index (κ1) is 22.8. The van der Waals surface area contributed by atoms with E-state index < -0.39 is 15.9 Å². The van der Waals surface area contributed by atoms with Gasteiger partial charge in [-0.2, -0.15) is 4.31 Å². The van der Waals surface area contributed by atoms with Gasteiger partial charge in [-0.25, -0.2) is 8.42 Å². The van der Waals surface area contributed by atoms with Crippen LogP contribution in [0.3, 0.4) is 0 Å². The molecule has 0 aromatic heterocycles. The topological polar surface area (TPSA) is 86.8 Å². The molecule has 32 heavy (non-hydrogen) atoms. The molecule has 2 aromatic rings. The van der Waals surface area contributed by atoms with Gasteiger partial charge in [0.05, 0.1) is 21.5 Å². The number of rotatable bonds is 4. The lowest BCUT2D eigenvalue weighted by molar-refractivity contribution is -0.121. The van der Waals surface area contributed by atoms with Crippen LogP contribution in [-0.2, 0) is 26.0 Å². The summed E-state index contributed by atoms with van der Waals surface area (Å²) >= 11 is 6.13. The van der Waals surface area contributed by atoms with Crippen molar-refractivity contribution >= 4 is 44.8 Å². The van der Waals surface area contributed by atoms with Crippen molar-refractivity contribution in [1.82, 2.24) is 4.31 Å². The number of carbonyl (C=O) groups excluding carboxylic acids is 2. The van der Waals surface area contributed by atoms with Gasteiger partial charge in [-0.15, -0.1) is 0 Å². The summed E-state index contributed by atoms with van der Waals surface area (Å²) in [6, 6.07) is 11.9. The Hall–Kier alpha value is -2.42. The van der Waals surface area contributed by atoms with Crippen LogP contribution in [0.4, 0.5) is 11.4 Å². The fraction of sp³-hybridized carbons (Fsp3) is 0.391. The number of nitrogens with zero attached hydrogens (tertiary/aromatic N) is 2. The maximum atomic E-state index is 13.4. The number of halogens is 1. The number of piperidine rings is 1. The first-order valence-electron chi connectivity index (χ1n) is 10.7. The molecule has 0 radical (unpaired) electrons. The molecule has 4 rings (SSSR count). The van der Waals surface area contributed by atoms with Crippen molar-refractivity contribution in [2.45, 2.75) is 37.5 Å². The Morgan fingerprint density at radius 3 is 2.62 bits per heavy atom. The van der Waals surface area contributed by atoms with E-state index in [1.165, 1.54) is 11.2 Å². The smallest absolute Gasteiger partial charge is 0.243 e. The molecule has 170 valence electrons. The monoisotopic (exact) mass is 475 g/mol. The van der Waals surface area contributed by atoms with E-state index in [1.807, 2.05) is 0 Å². The van der Waals surface area contributed by atoms with Crippen molar-refractivity contribution in [3.8, 4) is 0 Å². The molecule has 0 bridgehead atoms. The second-order valence-electron chi connectivity index (χ2n) is 8.24. The van der Waals surface area contributed by atoms with Gasteiger partial charge in [-0.3, -0.25) is 9.59 Å². The molecule has 9 heteroatoms. The average molecular weight is 476 g/mol. The van der Waals surface area contributed by atoms with Gasteiger partial charge in [-0.05, 0) is 61.6 Å². The largest absolute Gasteiger partial charge is 0.324 e. The number of amides is 2. The number of anilines is 2. The van der Waals surface area contributed by atoms with Crippen LogP contribution < -0.4 is 10.2 Å². The number of aryl methyl sites for hydroxylation is 1. The van der Waals surface area contributed by atoms with Crippen molar-refractivity contribution in [3.05, 3.63) is 53.1 Å². The molecule has 7 nitrogen and oxygen atoms in total. The van der Waals surface area contributed by atoms with Crippen molar-refractivity contribution in [1.29, 1.82) is 0 Å². The Balaban J connectivity index is 1.52. The summed E-state index contributed by atoms with van der Waals surface area (Å²) in [4.78, 5) is 26.6. The first-order chi connectivity index (χ1) is 15.3. The number of hydrogen-bond acceptors (Lipinski definition) is 4. The van der Waals surface area contributed by atoms with Crippen LogP contribution in [-0.4, -0.2) is 44.2 Å². The molecule has 2 aliphatic heterocycles. The van der Waals surface area contributed by atoms with Crippen LogP contribution in [0, 0.1) is 5.92 Å². The molecule has 0 unspecified atom stereocenters. The van der Waals surface area contributed by atoms with Gasteiger partial charge in [-0.1, -0.05) is 23.7 Å². The Morgan fingerprint density at radius 2 is 1.88 bits per heavy atom. The lowest BCUT2D eigenvalue weighted by Gasteiger charge is -2.32. The van der Waals surface area contributed by atoms with Crippen LogP contribution in [0.15, 0.2) is 47.4 Å². The van der Waals surface area contributed by atoms with E-state index in [1.54, 1.807) is 47.4 Å². The summed E-state index contributed by atoms with van der Waals surface area (Å²) in [5.41, 5.74) is 2.15. The number of benzene rings is 2. The highest BCUT2D eigenvalue weighted by Crippen LogP contribution is 2.32. The van der Waals surface area contributed by atoms with Crippen molar-refractivity contribution in [3.63, 3.8) is 0 Å². The maximum Gasteiger partial charge on any atom is 0.243 e. The Kier molecular flexibility index (Phi) is 6.55. The molecule has 2 heterocycles. The number of fused-ring (bicyclic) bond motifs is 1. The zero-order valence-electron chi connectivity index (χ0n) is 17.9. The summed E-state index contributed by atoms with van der Waals surface area (Å²) in [6.07, 6.45) is 2.73. The number of hydrogen-bond donors (Lipinski definition) is 1. The third-order valence-electron chi connectivity index (χ3n) is 6.07. The molecule has 2 amide bonds. The lowest BCUT2D eigenvalue weighted by Crippen LogP contribution is -2.43. The van der Waals surface area contributed by atoms with Gasteiger partial charge in [0, 0.05) is 32.2 Å². The van der Waals surface area contributed by atoms with Gasteiger partial charge in [0.1, 0.15) is 0 Å². The first-order valence-corrected chi connectivity index (χ1v) is 12.6. The van der Waals surface area contributed by atoms with Crippen LogP contribution in [0.1, 0.15) is 31.7 Å². The summed E-state index contributed by atoms with van der Waals surface area (Å²) in [7, 11) is -3.76. The molecular weight excluding hydrogens is 450 g/mol. The molecular formula is C23H26ClN3O4S. The fourth-order valence-corrected chi connectivity index (χ4v) is 6.14. The number of para-hydroxylation sites is 1. The van der Waals surface area contributed by atoms with Crippen LogP contribution in [0.5, 0.6) is 0 Å². The second-order valence-corrected chi connectivity index (χ2v) is 10.6. The summed E-state index contributed by atoms with van der Waals surface area (Å²) in [6.45, 7) is 2.65. The molecule has 0 aliphatic carbocycles. The third-order valence-corrected chi connectivity index (χ3v) is 8.26. The molecule has 1 atom stereocenters. The van der Waals surface area contributed by atoms with Crippen molar-refractivity contribution in [2.24, 2.45) is 5.92 Å². The third kappa shape index (κ3) is 4.53. The zero-order valence-corrected chi connectivity index (χ0v) is 19.5. The maximum absolute atomic E-state index is 13.4. The van der Waals surface area contributed by atoms with E-state index in [0.29, 0.717) is 36.6 Å². The lowest BCUT2D eigenvalue weighted by atomic mass is 9.99. The molecule has 0 spiro atoms. The van der Waals surface area contributed by atoms with E-state index in [9.17, 15) is 18.0 Å². The van der Waals surface area contributed by atoms with Crippen LogP contribution in [0.25, 0.3) is 0 Å². The highest BCUT2D eigenvalue weighted by molar-refractivity contribution is 7.89. The number of nitrogens with one attached hydrogen (secondary N) is 1. The van der Waals surface area contributed by atoms with E-state index in [0.717, 1.165) is 24.1 Å². The summed E-state index contributed by atoms with van der Waals surface area (Å²) < 4.78 is 28.1. The van der Waals surface area contributed by atoms with Gasteiger partial charge in [0.2, 0.25) is 21.8 Å². The average Bonchev–Trinajstić information content (AvgIpc) is 2.79. The van der Waals surface area contributed by atoms with Gasteiger partial charge in [0.15, 0.2) is 0 Å². The van der Waals surface area contributed by atoms with E-state index >= 15 is 0 Å². The zero-order chi connectivity index (χ0) is 22.9. The van der Waals surface area contributed by atoms with Crippen LogP contribution >= 0.6 is 11.6 Å². The minimum atomic E-state index is -3.76. The van der Waals surface area contributed by atoms with E-state index in [2.05, 4.69) is 5.32 Å². The van der Waals surface area contributed by atoms with Crippen molar-refractivity contribution in [2.75, 3.05) is 29.9 Å². The Bertz CT molecular complexity index is 1150. The predicted molar refractivity (Wildman–Crippen MR) is 124 cm³/mol. The quantitative estimate of drug-likeness (QED) is 0.730. The minimum Gasteiger partial charge on any atom is -0.324 e. The molecule has 1 fully saturated rings. The van der Waals surface area contributed by atoms with E-state index in [4.69, 9.17) is 11.6 Å². The SMILES string of the molecule is CC(=O)N1CCCc2cc(S(=O)(=O)N3CCC[C@H](C(=O)Nc4ccccc4Cl)C3)ccc21. The molecule has 2 aromatic carbocycles. The number of sulfonamides is 1. The van der Waals surface area contributed by atoms with Gasteiger partial charge >= 0.3 is 0 Å². The normalized spacial score (nSPS) is 19.3. The Morgan fingerprint density at radius 1 is 1.09 bits per heavy atom. The minimum absolute atomic E-state index is 0.0510. The highest BCUT2D eigenvalue weighted by atomic mass is 35.5. The predicted octanol–water partition coefficient (Wildman–Crippen LogP) is 3.68. The van der Waals surface area contributed by atoms with E-state index in [-0.39, 0.29) is 23.3 Å². The molecule has 1 saturated heterocycles. The van der Waals surface area contributed by atoms with Gasteiger partial charge in [0.25, 0.3) is 0 Å². The standard InChI is InChI=1S/C23H26ClN3O4S/c1-16(28)27-13-5-6-17-14-19(10-11-22(17)27)32(30,31)26-12-4-7-18(15-26)23(29)25-21-9-3-2-8-20(21)24/h2-3,8-11,14,18H,4-7,12-13,15H2,1H3,(H,25,29)/t18-/m0/s1.